The molecule has 0 radical (unpaired) electrons. The third kappa shape index (κ3) is 2.18. The van der Waals surface area contributed by atoms with Crippen molar-refractivity contribution in [3.05, 3.63) is 66.4 Å². The van der Waals surface area contributed by atoms with Gasteiger partial charge in [0, 0.05) is 36.3 Å². The zero-order chi connectivity index (χ0) is 15.9. The number of thioether (sulfide) groups is 1. The van der Waals surface area contributed by atoms with Gasteiger partial charge in [-0.05, 0) is 35.6 Å². The van der Waals surface area contributed by atoms with Gasteiger partial charge in [-0.15, -0.1) is 4.57 Å². The predicted molar refractivity (Wildman–Crippen MR) is 98.3 cm³/mol. The summed E-state index contributed by atoms with van der Waals surface area (Å²) in [6, 6.07) is 16.8. The summed E-state index contributed by atoms with van der Waals surface area (Å²) in [5.74, 6) is 0.895. The van der Waals surface area contributed by atoms with E-state index in [1.54, 1.807) is 23.1 Å². The van der Waals surface area contributed by atoms with Crippen LogP contribution in [0.4, 0.5) is 11.4 Å². The Bertz CT molecular complexity index is 1040. The van der Waals surface area contributed by atoms with Gasteiger partial charge in [-0.3, -0.25) is 0 Å². The first-order valence-electron chi connectivity index (χ1n) is 7.60. The molecule has 0 bridgehead atoms. The molecule has 1 aromatic carbocycles. The van der Waals surface area contributed by atoms with Crippen molar-refractivity contribution in [2.24, 2.45) is 0 Å². The van der Waals surface area contributed by atoms with E-state index in [1.165, 1.54) is 11.4 Å². The predicted octanol–water partition coefficient (Wildman–Crippen LogP) is 4.17. The van der Waals surface area contributed by atoms with Crippen molar-refractivity contribution in [1.29, 1.82) is 0 Å². The molecule has 0 fully saturated rings. The lowest BCUT2D eigenvalue weighted by Gasteiger charge is -2.17. The molecule has 0 spiro atoms. The Kier molecular flexibility index (Phi) is 3.24. The summed E-state index contributed by atoms with van der Waals surface area (Å²) < 4.78 is 2.20. The van der Waals surface area contributed by atoms with Crippen molar-refractivity contribution >= 4 is 44.8 Å². The summed E-state index contributed by atoms with van der Waals surface area (Å²) in [6.45, 7) is 0. The second-order valence-electron chi connectivity index (χ2n) is 5.47. The van der Waals surface area contributed by atoms with Crippen LogP contribution in [0.1, 0.15) is 0 Å². The molecule has 0 aliphatic carbocycles. The van der Waals surface area contributed by atoms with Crippen molar-refractivity contribution in [2.75, 3.05) is 10.8 Å². The van der Waals surface area contributed by atoms with Gasteiger partial charge in [0.2, 0.25) is 16.7 Å². The summed E-state index contributed by atoms with van der Waals surface area (Å²) in [5, 5.41) is 1.10. The number of rotatable bonds is 2. The molecule has 1 aliphatic heterocycles. The Morgan fingerprint density at radius 3 is 2.92 bits per heavy atom. The smallest absolute Gasteiger partial charge is 0.248 e. The van der Waals surface area contributed by atoms with E-state index >= 15 is 0 Å². The van der Waals surface area contributed by atoms with Gasteiger partial charge in [0.15, 0.2) is 4.83 Å². The number of hydrogen-bond acceptors (Lipinski definition) is 5. The quantitative estimate of drug-likeness (QED) is 0.509. The molecule has 5 rings (SSSR count). The van der Waals surface area contributed by atoms with Gasteiger partial charge < -0.3 is 4.90 Å². The number of nitrogens with zero attached hydrogens (tertiary/aromatic N) is 4. The van der Waals surface area contributed by atoms with Crippen LogP contribution < -0.4 is 9.47 Å². The Labute approximate surface area is 147 Å². The van der Waals surface area contributed by atoms with Crippen molar-refractivity contribution < 1.29 is 4.57 Å². The van der Waals surface area contributed by atoms with Crippen LogP contribution >= 0.6 is 23.1 Å². The number of hydrogen-bond donors (Lipinski definition) is 0. The largest absolute Gasteiger partial charge is 0.329 e. The summed E-state index contributed by atoms with van der Waals surface area (Å²) >= 11 is 3.44. The van der Waals surface area contributed by atoms with Crippen molar-refractivity contribution in [2.45, 2.75) is 5.03 Å². The molecule has 116 valence electrons. The van der Waals surface area contributed by atoms with Gasteiger partial charge in [-0.2, -0.15) is 0 Å². The maximum atomic E-state index is 4.46. The average molecular weight is 349 g/mol. The van der Waals surface area contributed by atoms with E-state index in [-0.39, 0.29) is 0 Å². The highest BCUT2D eigenvalue weighted by Crippen LogP contribution is 2.41. The standard InChI is InChI=1S/C18H13N4S2/c1-4-13(21-11-23-17-15(21)6-2-8-19-17)10-14(5-1)22-12-24-18-16(22)7-3-9-20-18/h1-11H,12H2/q+1. The molecule has 6 heteroatoms. The first kappa shape index (κ1) is 13.9. The molecular weight excluding hydrogens is 336 g/mol. The second kappa shape index (κ2) is 5.58. The molecule has 0 N–H and O–H groups in total. The van der Waals surface area contributed by atoms with Crippen LogP contribution in [0.3, 0.4) is 0 Å². The second-order valence-corrected chi connectivity index (χ2v) is 7.24. The van der Waals surface area contributed by atoms with Gasteiger partial charge in [0.25, 0.3) is 0 Å². The molecule has 0 amide bonds. The zero-order valence-corrected chi connectivity index (χ0v) is 14.3. The van der Waals surface area contributed by atoms with Crippen LogP contribution in [0.2, 0.25) is 0 Å². The minimum atomic E-state index is 0.895. The van der Waals surface area contributed by atoms with Crippen LogP contribution in [0.5, 0.6) is 0 Å². The fourth-order valence-electron chi connectivity index (χ4n) is 2.93. The first-order valence-corrected chi connectivity index (χ1v) is 9.46. The summed E-state index contributed by atoms with van der Waals surface area (Å²) in [7, 11) is 0. The maximum absolute atomic E-state index is 4.46. The van der Waals surface area contributed by atoms with E-state index in [1.807, 2.05) is 24.5 Å². The van der Waals surface area contributed by atoms with Crippen molar-refractivity contribution in [1.82, 2.24) is 9.97 Å². The minimum absolute atomic E-state index is 0.895. The Morgan fingerprint density at radius 1 is 1.00 bits per heavy atom. The van der Waals surface area contributed by atoms with E-state index < -0.39 is 0 Å². The number of benzene rings is 1. The lowest BCUT2D eigenvalue weighted by atomic mass is 10.2. The van der Waals surface area contributed by atoms with Crippen molar-refractivity contribution in [3.8, 4) is 5.69 Å². The normalized spacial score (nSPS) is 13.4. The first-order chi connectivity index (χ1) is 11.9. The van der Waals surface area contributed by atoms with Gasteiger partial charge >= 0.3 is 0 Å². The lowest BCUT2D eigenvalue weighted by Crippen LogP contribution is -2.28. The number of aromatic nitrogens is 3. The molecule has 4 nitrogen and oxygen atoms in total. The number of fused-ring (bicyclic) bond motifs is 2. The third-order valence-electron chi connectivity index (χ3n) is 4.07. The van der Waals surface area contributed by atoms with E-state index in [0.717, 1.165) is 26.9 Å². The Hall–Kier alpha value is -2.44. The van der Waals surface area contributed by atoms with Crippen LogP contribution in [0.15, 0.2) is 71.5 Å². The van der Waals surface area contributed by atoms with E-state index in [2.05, 4.69) is 61.3 Å². The van der Waals surface area contributed by atoms with E-state index in [4.69, 9.17) is 0 Å². The maximum Gasteiger partial charge on any atom is 0.248 e. The highest BCUT2D eigenvalue weighted by atomic mass is 32.2. The minimum Gasteiger partial charge on any atom is -0.329 e. The molecule has 4 heterocycles. The van der Waals surface area contributed by atoms with Crippen LogP contribution in [-0.2, 0) is 0 Å². The number of thiazole rings is 1. The van der Waals surface area contributed by atoms with Gasteiger partial charge in [-0.25, -0.2) is 9.97 Å². The lowest BCUT2D eigenvalue weighted by molar-refractivity contribution is -0.562. The topological polar surface area (TPSA) is 32.9 Å². The Morgan fingerprint density at radius 2 is 1.92 bits per heavy atom. The summed E-state index contributed by atoms with van der Waals surface area (Å²) in [6.07, 6.45) is 3.69. The molecule has 0 unspecified atom stereocenters. The van der Waals surface area contributed by atoms with Crippen molar-refractivity contribution in [3.63, 3.8) is 0 Å². The van der Waals surface area contributed by atoms with E-state index in [0.29, 0.717) is 0 Å². The fraction of sp³-hybridized carbons (Fsp3) is 0.0556. The fourth-order valence-corrected chi connectivity index (χ4v) is 4.78. The highest BCUT2D eigenvalue weighted by molar-refractivity contribution is 7.99. The summed E-state index contributed by atoms with van der Waals surface area (Å²) in [4.78, 5) is 12.2. The number of anilines is 2. The van der Waals surface area contributed by atoms with Crippen LogP contribution in [0, 0.1) is 0 Å². The molecule has 1 aliphatic rings. The average Bonchev–Trinajstić information content (AvgIpc) is 3.26. The molecular formula is C18H13N4S2+. The molecule has 3 aromatic heterocycles. The molecule has 4 aromatic rings. The summed E-state index contributed by atoms with van der Waals surface area (Å²) in [5.41, 5.74) is 6.76. The molecule has 0 atom stereocenters. The van der Waals surface area contributed by atoms with Crippen LogP contribution in [0.25, 0.3) is 16.0 Å². The molecule has 24 heavy (non-hydrogen) atoms. The zero-order valence-electron chi connectivity index (χ0n) is 12.7. The van der Waals surface area contributed by atoms with Gasteiger partial charge in [-0.1, -0.05) is 17.8 Å². The molecule has 0 saturated carbocycles. The third-order valence-corrected chi connectivity index (χ3v) is 5.90. The number of pyridine rings is 2. The SMILES string of the molecule is c1cc(N2CSc3ncccc32)cc(-[n+]2csc3ncccc32)c1. The Balaban J connectivity index is 1.60. The van der Waals surface area contributed by atoms with E-state index in [9.17, 15) is 0 Å². The van der Waals surface area contributed by atoms with Gasteiger partial charge in [0.1, 0.15) is 5.03 Å². The monoisotopic (exact) mass is 349 g/mol. The van der Waals surface area contributed by atoms with Crippen LogP contribution in [-0.4, -0.2) is 15.8 Å². The van der Waals surface area contributed by atoms with Gasteiger partial charge in [0.05, 0.1) is 11.6 Å². The molecule has 0 saturated heterocycles. The highest BCUT2D eigenvalue weighted by Gasteiger charge is 2.23.